The average molecular weight is 285 g/mol. The molecule has 0 unspecified atom stereocenters. The molecule has 0 fully saturated rings. The van der Waals surface area contributed by atoms with E-state index in [0.29, 0.717) is 28.8 Å². The minimum atomic E-state index is -0.302. The van der Waals surface area contributed by atoms with E-state index in [9.17, 15) is 4.39 Å². The summed E-state index contributed by atoms with van der Waals surface area (Å²) in [6, 6.07) is 8.24. The topological polar surface area (TPSA) is 24.9 Å². The molecular weight excluding hydrogens is 274 g/mol. The smallest absolute Gasteiger partial charge is 0.129 e. The van der Waals surface area contributed by atoms with Crippen molar-refractivity contribution in [3.63, 3.8) is 0 Å². The maximum absolute atomic E-state index is 13.5. The van der Waals surface area contributed by atoms with Gasteiger partial charge in [0.2, 0.25) is 0 Å². The van der Waals surface area contributed by atoms with E-state index in [1.165, 1.54) is 6.07 Å². The van der Waals surface area contributed by atoms with Gasteiger partial charge in [-0.05, 0) is 23.8 Å². The first-order valence-electron chi connectivity index (χ1n) is 5.41. The second kappa shape index (κ2) is 6.14. The normalized spacial score (nSPS) is 10.6. The number of benzene rings is 1. The van der Waals surface area contributed by atoms with Crippen LogP contribution in [0.1, 0.15) is 11.1 Å². The van der Waals surface area contributed by atoms with Gasteiger partial charge in [0.15, 0.2) is 0 Å². The molecule has 0 atom stereocenters. The lowest BCUT2D eigenvalue weighted by Gasteiger charge is -2.07. The summed E-state index contributed by atoms with van der Waals surface area (Å²) in [5.41, 5.74) is 1.45. The Morgan fingerprint density at radius 1 is 1.11 bits per heavy atom. The molecule has 0 aliphatic carbocycles. The van der Waals surface area contributed by atoms with Crippen molar-refractivity contribution in [1.29, 1.82) is 0 Å². The lowest BCUT2D eigenvalue weighted by Crippen LogP contribution is -2.14. The van der Waals surface area contributed by atoms with Gasteiger partial charge in [-0.2, -0.15) is 0 Å². The summed E-state index contributed by atoms with van der Waals surface area (Å²) in [6.45, 7) is 0.947. The Hall–Kier alpha value is -1.16. The number of nitrogens with zero attached hydrogens (tertiary/aromatic N) is 1. The highest BCUT2D eigenvalue weighted by molar-refractivity contribution is 6.31. The van der Waals surface area contributed by atoms with Crippen molar-refractivity contribution in [3.8, 4) is 0 Å². The summed E-state index contributed by atoms with van der Waals surface area (Å²) in [4.78, 5) is 3.97. The van der Waals surface area contributed by atoms with Crippen LogP contribution in [0.15, 0.2) is 36.5 Å². The van der Waals surface area contributed by atoms with Gasteiger partial charge in [0, 0.05) is 29.9 Å². The highest BCUT2D eigenvalue weighted by atomic mass is 35.5. The van der Waals surface area contributed by atoms with Gasteiger partial charge in [-0.3, -0.25) is 0 Å². The molecule has 94 valence electrons. The quantitative estimate of drug-likeness (QED) is 0.864. The molecule has 0 amide bonds. The van der Waals surface area contributed by atoms with E-state index >= 15 is 0 Å². The zero-order valence-electron chi connectivity index (χ0n) is 9.46. The fourth-order valence-corrected chi connectivity index (χ4v) is 1.89. The van der Waals surface area contributed by atoms with Gasteiger partial charge in [0.25, 0.3) is 0 Å². The summed E-state index contributed by atoms with van der Waals surface area (Å²) in [5.74, 6) is -0.302. The molecule has 5 heteroatoms. The highest BCUT2D eigenvalue weighted by Crippen LogP contribution is 2.18. The van der Waals surface area contributed by atoms with E-state index in [1.807, 2.05) is 6.07 Å². The maximum atomic E-state index is 13.5. The van der Waals surface area contributed by atoms with Crippen molar-refractivity contribution in [1.82, 2.24) is 10.3 Å². The predicted octanol–water partition coefficient (Wildman–Crippen LogP) is 3.82. The molecule has 0 saturated carbocycles. The summed E-state index contributed by atoms with van der Waals surface area (Å²) in [7, 11) is 0. The fourth-order valence-electron chi connectivity index (χ4n) is 1.54. The van der Waals surface area contributed by atoms with Crippen LogP contribution in [0.2, 0.25) is 10.2 Å². The standard InChI is InChI=1S/C13H11Cl2FN2/c14-11-2-1-3-12(16)10(11)8-17-6-9-4-5-13(15)18-7-9/h1-5,7,17H,6,8H2. The maximum Gasteiger partial charge on any atom is 0.129 e. The van der Waals surface area contributed by atoms with Crippen LogP contribution in [0.5, 0.6) is 0 Å². The third-order valence-electron chi connectivity index (χ3n) is 2.48. The van der Waals surface area contributed by atoms with Crippen LogP contribution in [0.4, 0.5) is 4.39 Å². The number of hydrogen-bond donors (Lipinski definition) is 1. The third-order valence-corrected chi connectivity index (χ3v) is 3.06. The van der Waals surface area contributed by atoms with Gasteiger partial charge in [-0.15, -0.1) is 0 Å². The molecule has 0 aliphatic heterocycles. The first kappa shape index (κ1) is 13.3. The zero-order valence-corrected chi connectivity index (χ0v) is 11.0. The van der Waals surface area contributed by atoms with E-state index in [-0.39, 0.29) is 5.82 Å². The van der Waals surface area contributed by atoms with Gasteiger partial charge >= 0.3 is 0 Å². The zero-order chi connectivity index (χ0) is 13.0. The molecule has 0 aliphatic rings. The lowest BCUT2D eigenvalue weighted by atomic mass is 10.2. The van der Waals surface area contributed by atoms with Crippen molar-refractivity contribution in [2.75, 3.05) is 0 Å². The van der Waals surface area contributed by atoms with Gasteiger partial charge in [0.05, 0.1) is 0 Å². The molecule has 0 radical (unpaired) electrons. The van der Waals surface area contributed by atoms with E-state index in [2.05, 4.69) is 10.3 Å². The Kier molecular flexibility index (Phi) is 4.53. The van der Waals surface area contributed by atoms with Gasteiger partial charge in [0.1, 0.15) is 11.0 Å². The molecule has 18 heavy (non-hydrogen) atoms. The molecule has 1 aromatic carbocycles. The molecule has 2 nitrogen and oxygen atoms in total. The summed E-state index contributed by atoms with van der Waals surface area (Å²) in [5, 5.41) is 3.99. The SMILES string of the molecule is Fc1cccc(Cl)c1CNCc1ccc(Cl)nc1. The van der Waals surface area contributed by atoms with Crippen molar-refractivity contribution in [2.45, 2.75) is 13.1 Å². The Balaban J connectivity index is 1.94. The van der Waals surface area contributed by atoms with E-state index < -0.39 is 0 Å². The minimum Gasteiger partial charge on any atom is -0.308 e. The van der Waals surface area contributed by atoms with Gasteiger partial charge in [-0.25, -0.2) is 9.37 Å². The second-order valence-electron chi connectivity index (χ2n) is 3.79. The summed E-state index contributed by atoms with van der Waals surface area (Å²) < 4.78 is 13.5. The van der Waals surface area contributed by atoms with Crippen LogP contribution in [0.25, 0.3) is 0 Å². The Morgan fingerprint density at radius 2 is 1.94 bits per heavy atom. The van der Waals surface area contributed by atoms with Gasteiger partial charge < -0.3 is 5.32 Å². The molecule has 1 N–H and O–H groups in total. The number of nitrogens with one attached hydrogen (secondary N) is 1. The van der Waals surface area contributed by atoms with Crippen LogP contribution in [0.3, 0.4) is 0 Å². The van der Waals surface area contributed by atoms with Crippen molar-refractivity contribution >= 4 is 23.2 Å². The lowest BCUT2D eigenvalue weighted by molar-refractivity contribution is 0.588. The van der Waals surface area contributed by atoms with E-state index in [0.717, 1.165) is 5.56 Å². The molecule has 1 heterocycles. The van der Waals surface area contributed by atoms with Crippen LogP contribution in [-0.2, 0) is 13.1 Å². The number of halogens is 3. The predicted molar refractivity (Wildman–Crippen MR) is 71.2 cm³/mol. The summed E-state index contributed by atoms with van der Waals surface area (Å²) in [6.07, 6.45) is 1.68. The fraction of sp³-hybridized carbons (Fsp3) is 0.154. The van der Waals surface area contributed by atoms with Gasteiger partial charge in [-0.1, -0.05) is 35.3 Å². The minimum absolute atomic E-state index is 0.302. The number of aromatic nitrogens is 1. The molecule has 0 spiro atoms. The monoisotopic (exact) mass is 284 g/mol. The van der Waals surface area contributed by atoms with Crippen LogP contribution < -0.4 is 5.32 Å². The van der Waals surface area contributed by atoms with Crippen molar-refractivity contribution in [2.24, 2.45) is 0 Å². The Labute approximate surface area is 115 Å². The molecular formula is C13H11Cl2FN2. The largest absolute Gasteiger partial charge is 0.308 e. The first-order valence-corrected chi connectivity index (χ1v) is 6.16. The molecule has 1 aromatic heterocycles. The van der Waals surface area contributed by atoms with Crippen LogP contribution >= 0.6 is 23.2 Å². The van der Waals surface area contributed by atoms with Crippen molar-refractivity contribution < 1.29 is 4.39 Å². The second-order valence-corrected chi connectivity index (χ2v) is 4.59. The Morgan fingerprint density at radius 3 is 2.61 bits per heavy atom. The Bertz CT molecular complexity index is 509. The molecule has 0 bridgehead atoms. The van der Waals surface area contributed by atoms with Crippen LogP contribution in [-0.4, -0.2) is 4.98 Å². The summed E-state index contributed by atoms with van der Waals surface area (Å²) >= 11 is 11.6. The molecule has 0 saturated heterocycles. The van der Waals surface area contributed by atoms with Crippen molar-refractivity contribution in [3.05, 3.63) is 63.6 Å². The van der Waals surface area contributed by atoms with E-state index in [4.69, 9.17) is 23.2 Å². The van der Waals surface area contributed by atoms with E-state index in [1.54, 1.807) is 24.4 Å². The molecule has 2 aromatic rings. The van der Waals surface area contributed by atoms with Crippen LogP contribution in [0, 0.1) is 5.82 Å². The average Bonchev–Trinajstić information content (AvgIpc) is 2.35. The number of pyridine rings is 1. The first-order chi connectivity index (χ1) is 8.66. The third kappa shape index (κ3) is 3.42. The number of rotatable bonds is 4. The highest BCUT2D eigenvalue weighted by Gasteiger charge is 2.05. The molecule has 2 rings (SSSR count). The number of hydrogen-bond acceptors (Lipinski definition) is 2.